The van der Waals surface area contributed by atoms with Crippen LogP contribution in [0.3, 0.4) is 0 Å². The molecule has 0 unspecified atom stereocenters. The highest BCUT2D eigenvalue weighted by atomic mass is 79.9. The fraction of sp³-hybridized carbons (Fsp3) is 0. The first-order valence-corrected chi connectivity index (χ1v) is 6.20. The van der Waals surface area contributed by atoms with Gasteiger partial charge >= 0.3 is 0 Å². The molecule has 0 amide bonds. The molecule has 0 radical (unpaired) electrons. The highest BCUT2D eigenvalue weighted by molar-refractivity contribution is 9.11. The number of carbonyl (C=O) groups excluding carboxylic acids is 1. The van der Waals surface area contributed by atoms with E-state index in [2.05, 4.69) is 15.9 Å². The van der Waals surface area contributed by atoms with Gasteiger partial charge in [-0.05, 0) is 34.3 Å². The molecule has 4 heteroatoms. The molecule has 1 aliphatic rings. The number of carbonyl (C=O) groups is 1. The molecule has 2 heterocycles. The molecular formula is C9H5BrOS2. The van der Waals surface area contributed by atoms with Crippen LogP contribution in [-0.2, 0) is 4.79 Å². The van der Waals surface area contributed by atoms with Gasteiger partial charge in [-0.3, -0.25) is 4.79 Å². The zero-order valence-corrected chi connectivity index (χ0v) is 9.71. The smallest absolute Gasteiger partial charge is 0.225 e. The van der Waals surface area contributed by atoms with Crippen LogP contribution < -0.4 is 0 Å². The molecule has 0 fully saturated rings. The van der Waals surface area contributed by atoms with Gasteiger partial charge in [0.05, 0.1) is 0 Å². The fourth-order valence-electron chi connectivity index (χ4n) is 1.05. The number of hydrogen-bond donors (Lipinski definition) is 0. The lowest BCUT2D eigenvalue weighted by Crippen LogP contribution is -1.86. The highest BCUT2D eigenvalue weighted by Gasteiger charge is 2.21. The van der Waals surface area contributed by atoms with E-state index in [1.165, 1.54) is 11.8 Å². The van der Waals surface area contributed by atoms with Crippen LogP contribution in [0.2, 0.25) is 0 Å². The van der Waals surface area contributed by atoms with Crippen molar-refractivity contribution in [2.45, 2.75) is 0 Å². The van der Waals surface area contributed by atoms with E-state index in [0.29, 0.717) is 0 Å². The first-order chi connectivity index (χ1) is 6.31. The van der Waals surface area contributed by atoms with Gasteiger partial charge in [0.2, 0.25) is 5.12 Å². The van der Waals surface area contributed by atoms with Crippen molar-refractivity contribution in [3.8, 4) is 0 Å². The molecule has 0 saturated heterocycles. The largest absolute Gasteiger partial charge is 0.281 e. The topological polar surface area (TPSA) is 17.1 Å². The SMILES string of the molecule is O=C1SC(=CBr)C=C1c1cccs1. The monoisotopic (exact) mass is 272 g/mol. The Hall–Kier alpha value is -0.320. The zero-order chi connectivity index (χ0) is 9.26. The summed E-state index contributed by atoms with van der Waals surface area (Å²) in [6, 6.07) is 3.92. The van der Waals surface area contributed by atoms with E-state index >= 15 is 0 Å². The van der Waals surface area contributed by atoms with Gasteiger partial charge in [-0.2, -0.15) is 0 Å². The van der Waals surface area contributed by atoms with Crippen molar-refractivity contribution in [3.63, 3.8) is 0 Å². The Morgan fingerprint density at radius 1 is 1.46 bits per heavy atom. The second kappa shape index (κ2) is 3.82. The van der Waals surface area contributed by atoms with E-state index in [4.69, 9.17) is 0 Å². The minimum Gasteiger partial charge on any atom is -0.281 e. The highest BCUT2D eigenvalue weighted by Crippen LogP contribution is 2.38. The van der Waals surface area contributed by atoms with Gasteiger partial charge in [0, 0.05) is 15.4 Å². The lowest BCUT2D eigenvalue weighted by Gasteiger charge is -1.91. The van der Waals surface area contributed by atoms with Crippen molar-refractivity contribution in [2.75, 3.05) is 0 Å². The van der Waals surface area contributed by atoms with Crippen molar-refractivity contribution in [2.24, 2.45) is 0 Å². The van der Waals surface area contributed by atoms with Crippen LogP contribution in [-0.4, -0.2) is 5.12 Å². The molecule has 13 heavy (non-hydrogen) atoms. The molecule has 66 valence electrons. The standard InChI is InChI=1S/C9H5BrOS2/c10-5-6-4-7(9(11)13-6)8-2-1-3-12-8/h1-5H. The molecule has 1 aliphatic heterocycles. The summed E-state index contributed by atoms with van der Waals surface area (Å²) in [5.41, 5.74) is 0.811. The second-order valence-electron chi connectivity index (χ2n) is 2.44. The van der Waals surface area contributed by atoms with Gasteiger partial charge in [0.15, 0.2) is 0 Å². The summed E-state index contributed by atoms with van der Waals surface area (Å²) in [5, 5.41) is 2.11. The van der Waals surface area contributed by atoms with Crippen molar-refractivity contribution in [1.29, 1.82) is 0 Å². The maximum Gasteiger partial charge on any atom is 0.225 e. The summed E-state index contributed by atoms with van der Waals surface area (Å²) >= 11 is 6.07. The lowest BCUT2D eigenvalue weighted by molar-refractivity contribution is -0.106. The Bertz CT molecular complexity index is 390. The third-order valence-electron chi connectivity index (χ3n) is 1.61. The minimum absolute atomic E-state index is 0.133. The number of allylic oxidation sites excluding steroid dienone is 1. The Morgan fingerprint density at radius 3 is 2.85 bits per heavy atom. The zero-order valence-electron chi connectivity index (χ0n) is 6.49. The average molecular weight is 273 g/mol. The lowest BCUT2D eigenvalue weighted by atomic mass is 10.2. The van der Waals surface area contributed by atoms with Gasteiger partial charge in [-0.1, -0.05) is 22.0 Å². The number of halogens is 1. The molecule has 1 aromatic rings. The Kier molecular flexibility index (Phi) is 2.71. The Balaban J connectivity index is 2.40. The maximum absolute atomic E-state index is 11.5. The predicted molar refractivity (Wildman–Crippen MR) is 61.9 cm³/mol. The fourth-order valence-corrected chi connectivity index (χ4v) is 2.98. The summed E-state index contributed by atoms with van der Waals surface area (Å²) < 4.78 is 0. The molecule has 1 aromatic heterocycles. The van der Waals surface area contributed by atoms with E-state index in [1.54, 1.807) is 16.3 Å². The van der Waals surface area contributed by atoms with Gasteiger partial charge in [-0.25, -0.2) is 0 Å². The molecule has 0 bridgehead atoms. The van der Waals surface area contributed by atoms with Crippen LogP contribution in [0, 0.1) is 0 Å². The van der Waals surface area contributed by atoms with E-state index in [9.17, 15) is 4.79 Å². The van der Waals surface area contributed by atoms with Crippen molar-refractivity contribution >= 4 is 49.7 Å². The second-order valence-corrected chi connectivity index (χ2v) is 4.89. The molecule has 1 nitrogen and oxygen atoms in total. The molecule has 0 aliphatic carbocycles. The number of thioether (sulfide) groups is 1. The van der Waals surface area contributed by atoms with E-state index in [1.807, 2.05) is 23.6 Å². The van der Waals surface area contributed by atoms with Crippen LogP contribution in [0.25, 0.3) is 5.57 Å². The summed E-state index contributed by atoms with van der Waals surface area (Å²) in [7, 11) is 0. The third kappa shape index (κ3) is 1.80. The van der Waals surface area contributed by atoms with Gasteiger partial charge in [0.1, 0.15) is 0 Å². The van der Waals surface area contributed by atoms with Crippen LogP contribution in [0.4, 0.5) is 0 Å². The predicted octanol–water partition coefficient (Wildman–Crippen LogP) is 3.64. The van der Waals surface area contributed by atoms with Crippen LogP contribution in [0.5, 0.6) is 0 Å². The normalized spacial score (nSPS) is 19.6. The molecule has 0 N–H and O–H groups in total. The summed E-state index contributed by atoms with van der Waals surface area (Å²) in [6.45, 7) is 0. The van der Waals surface area contributed by atoms with Crippen molar-refractivity contribution < 1.29 is 4.79 Å². The summed E-state index contributed by atoms with van der Waals surface area (Å²) in [4.78, 5) is 15.3. The van der Waals surface area contributed by atoms with Gasteiger partial charge in [-0.15, -0.1) is 11.3 Å². The number of rotatable bonds is 1. The number of thiophene rings is 1. The van der Waals surface area contributed by atoms with Crippen LogP contribution in [0.15, 0.2) is 33.5 Å². The van der Waals surface area contributed by atoms with Crippen molar-refractivity contribution in [3.05, 3.63) is 38.4 Å². The van der Waals surface area contributed by atoms with E-state index in [-0.39, 0.29) is 5.12 Å². The molecule has 0 spiro atoms. The molecule has 0 saturated carbocycles. The Morgan fingerprint density at radius 2 is 2.31 bits per heavy atom. The molecule has 2 rings (SSSR count). The van der Waals surface area contributed by atoms with Gasteiger partial charge in [0.25, 0.3) is 0 Å². The van der Waals surface area contributed by atoms with E-state index < -0.39 is 0 Å². The maximum atomic E-state index is 11.5. The minimum atomic E-state index is 0.133. The van der Waals surface area contributed by atoms with E-state index in [0.717, 1.165) is 15.4 Å². The molecule has 0 atom stereocenters. The molecular weight excluding hydrogens is 268 g/mol. The first-order valence-electron chi connectivity index (χ1n) is 3.59. The Labute approximate surface area is 92.7 Å². The number of hydrogen-bond acceptors (Lipinski definition) is 3. The van der Waals surface area contributed by atoms with Crippen LogP contribution >= 0.6 is 39.0 Å². The summed E-state index contributed by atoms with van der Waals surface area (Å²) in [5.74, 6) is 0. The quantitative estimate of drug-likeness (QED) is 0.777. The molecule has 0 aromatic carbocycles. The summed E-state index contributed by atoms with van der Waals surface area (Å²) in [6.07, 6.45) is 1.91. The first kappa shape index (κ1) is 9.24. The van der Waals surface area contributed by atoms with Crippen LogP contribution in [0.1, 0.15) is 4.88 Å². The third-order valence-corrected chi connectivity index (χ3v) is 4.19. The van der Waals surface area contributed by atoms with Crippen molar-refractivity contribution in [1.82, 2.24) is 0 Å². The van der Waals surface area contributed by atoms with Gasteiger partial charge < -0.3 is 0 Å². The average Bonchev–Trinajstić information content (AvgIpc) is 2.72.